The summed E-state index contributed by atoms with van der Waals surface area (Å²) in [5.74, 6) is 1.09. The van der Waals surface area contributed by atoms with Crippen molar-refractivity contribution in [3.05, 3.63) is 52.4 Å². The molecule has 1 atom stereocenters. The van der Waals surface area contributed by atoms with E-state index in [2.05, 4.69) is 46.6 Å². The molecule has 1 aliphatic heterocycles. The molecule has 1 aromatic heterocycles. The van der Waals surface area contributed by atoms with Crippen LogP contribution in [0.3, 0.4) is 0 Å². The largest absolute Gasteiger partial charge is 0.379 e. The molecule has 134 valence electrons. The highest BCUT2D eigenvalue weighted by molar-refractivity contribution is 5.28. The number of rotatable bonds is 5. The Morgan fingerprint density at radius 1 is 1.24 bits per heavy atom. The normalized spacial score (nSPS) is 21.2. The molecular weight excluding hydrogens is 314 g/mol. The first-order chi connectivity index (χ1) is 12.3. The number of hydrogen-bond donors (Lipinski definition) is 1. The quantitative estimate of drug-likeness (QED) is 0.905. The fourth-order valence-corrected chi connectivity index (χ4v) is 3.80. The van der Waals surface area contributed by atoms with Gasteiger partial charge in [0.25, 0.3) is 0 Å². The third-order valence-electron chi connectivity index (χ3n) is 5.44. The van der Waals surface area contributed by atoms with Gasteiger partial charge in [0.05, 0.1) is 13.2 Å². The Morgan fingerprint density at radius 2 is 2.08 bits per heavy atom. The zero-order valence-corrected chi connectivity index (χ0v) is 15.0. The second-order valence-electron chi connectivity index (χ2n) is 7.17. The summed E-state index contributed by atoms with van der Waals surface area (Å²) in [7, 11) is 0. The van der Waals surface area contributed by atoms with Gasteiger partial charge >= 0.3 is 0 Å². The maximum Gasteiger partial charge on any atom is 0.140 e. The first kappa shape index (κ1) is 16.8. The van der Waals surface area contributed by atoms with Gasteiger partial charge < -0.3 is 14.6 Å². The molecule has 1 saturated heterocycles. The van der Waals surface area contributed by atoms with Gasteiger partial charge in [-0.3, -0.25) is 4.90 Å². The minimum Gasteiger partial charge on any atom is -0.379 e. The maximum atomic E-state index is 5.62. The van der Waals surface area contributed by atoms with Crippen LogP contribution in [0.15, 0.2) is 28.8 Å². The summed E-state index contributed by atoms with van der Waals surface area (Å²) in [6, 6.07) is 9.09. The molecule has 0 radical (unpaired) electrons. The molecule has 2 aromatic rings. The van der Waals surface area contributed by atoms with Gasteiger partial charge in [0.2, 0.25) is 0 Å². The molecule has 25 heavy (non-hydrogen) atoms. The van der Waals surface area contributed by atoms with Crippen LogP contribution >= 0.6 is 0 Å². The van der Waals surface area contributed by atoms with Crippen LogP contribution in [0, 0.1) is 6.92 Å². The second-order valence-corrected chi connectivity index (χ2v) is 7.17. The minimum absolute atomic E-state index is 0.495. The average molecular weight is 341 g/mol. The van der Waals surface area contributed by atoms with Gasteiger partial charge in [-0.25, -0.2) is 0 Å². The lowest BCUT2D eigenvalue weighted by molar-refractivity contribution is 0.0331. The van der Waals surface area contributed by atoms with Crippen molar-refractivity contribution < 1.29 is 9.26 Å². The van der Waals surface area contributed by atoms with Gasteiger partial charge in [-0.1, -0.05) is 29.4 Å². The Morgan fingerprint density at radius 3 is 2.92 bits per heavy atom. The molecule has 1 unspecified atom stereocenters. The fourth-order valence-electron chi connectivity index (χ4n) is 3.80. The lowest BCUT2D eigenvalue weighted by Crippen LogP contribution is -2.37. The van der Waals surface area contributed by atoms with Crippen LogP contribution in [0.25, 0.3) is 0 Å². The Balaban J connectivity index is 1.38. The van der Waals surface area contributed by atoms with Gasteiger partial charge in [0.15, 0.2) is 0 Å². The van der Waals surface area contributed by atoms with E-state index < -0.39 is 0 Å². The number of ether oxygens (including phenoxy) is 1. The number of nitrogens with one attached hydrogen (secondary N) is 1. The van der Waals surface area contributed by atoms with Crippen LogP contribution in [0.4, 0.5) is 0 Å². The highest BCUT2D eigenvalue weighted by Crippen LogP contribution is 2.26. The topological polar surface area (TPSA) is 50.5 Å². The monoisotopic (exact) mass is 341 g/mol. The van der Waals surface area contributed by atoms with Crippen molar-refractivity contribution in [2.24, 2.45) is 0 Å². The number of aryl methyl sites for hydroxylation is 2. The van der Waals surface area contributed by atoms with Crippen molar-refractivity contribution in [2.45, 2.75) is 45.3 Å². The zero-order valence-electron chi connectivity index (χ0n) is 15.0. The van der Waals surface area contributed by atoms with E-state index in [1.807, 2.05) is 0 Å². The van der Waals surface area contributed by atoms with Crippen molar-refractivity contribution in [1.29, 1.82) is 0 Å². The summed E-state index contributed by atoms with van der Waals surface area (Å²) in [5, 5.41) is 8.11. The number of benzene rings is 1. The molecule has 0 spiro atoms. The number of morpholine rings is 1. The molecule has 5 heteroatoms. The van der Waals surface area contributed by atoms with Gasteiger partial charge in [-0.2, -0.15) is 0 Å². The molecule has 0 bridgehead atoms. The van der Waals surface area contributed by atoms with E-state index in [1.54, 1.807) is 0 Å². The average Bonchev–Trinajstić information content (AvgIpc) is 3.04. The third kappa shape index (κ3) is 3.94. The highest BCUT2D eigenvalue weighted by atomic mass is 16.5. The van der Waals surface area contributed by atoms with E-state index in [0.29, 0.717) is 6.04 Å². The van der Waals surface area contributed by atoms with Crippen molar-refractivity contribution >= 4 is 0 Å². The zero-order chi connectivity index (χ0) is 17.1. The number of fused-ring (bicyclic) bond motifs is 1. The molecule has 0 amide bonds. The first-order valence-electron chi connectivity index (χ1n) is 9.34. The molecular formula is C20H27N3O2. The van der Waals surface area contributed by atoms with Gasteiger partial charge in [-0.15, -0.1) is 0 Å². The van der Waals surface area contributed by atoms with Gasteiger partial charge in [0.1, 0.15) is 11.5 Å². The Labute approximate surface area is 149 Å². The maximum absolute atomic E-state index is 5.62. The summed E-state index contributed by atoms with van der Waals surface area (Å²) in [6.07, 6.45) is 3.12. The van der Waals surface area contributed by atoms with Gasteiger partial charge in [-0.05, 0) is 30.9 Å². The molecule has 2 aliphatic rings. The van der Waals surface area contributed by atoms with E-state index in [4.69, 9.17) is 9.26 Å². The summed E-state index contributed by atoms with van der Waals surface area (Å²) in [5.41, 5.74) is 5.19. The molecule has 2 heterocycles. The van der Waals surface area contributed by atoms with E-state index in [-0.39, 0.29) is 0 Å². The SMILES string of the molecule is Cc1ccccc1CNC1CCc2onc(CN3CCOCC3)c2C1. The van der Waals surface area contributed by atoms with E-state index >= 15 is 0 Å². The predicted molar refractivity (Wildman–Crippen MR) is 96.4 cm³/mol. The molecule has 4 rings (SSSR count). The van der Waals surface area contributed by atoms with Crippen molar-refractivity contribution in [2.75, 3.05) is 26.3 Å². The summed E-state index contributed by atoms with van der Waals surface area (Å²) < 4.78 is 11.1. The Kier molecular flexibility index (Phi) is 5.15. The van der Waals surface area contributed by atoms with Crippen LogP contribution in [0.5, 0.6) is 0 Å². The highest BCUT2D eigenvalue weighted by Gasteiger charge is 2.26. The Hall–Kier alpha value is -1.69. The molecule has 1 N–H and O–H groups in total. The molecule has 1 aromatic carbocycles. The second kappa shape index (κ2) is 7.68. The third-order valence-corrected chi connectivity index (χ3v) is 5.44. The van der Waals surface area contributed by atoms with Crippen LogP contribution in [0.1, 0.15) is 34.6 Å². The van der Waals surface area contributed by atoms with E-state index in [9.17, 15) is 0 Å². The lowest BCUT2D eigenvalue weighted by atomic mass is 9.91. The standard InChI is InChI=1S/C20H27N3O2/c1-15-4-2-3-5-16(15)13-21-17-6-7-20-18(12-17)19(22-25-20)14-23-8-10-24-11-9-23/h2-5,17,21H,6-14H2,1H3. The van der Waals surface area contributed by atoms with Crippen LogP contribution in [0.2, 0.25) is 0 Å². The van der Waals surface area contributed by atoms with Gasteiger partial charge in [0, 0.05) is 44.2 Å². The smallest absolute Gasteiger partial charge is 0.140 e. The summed E-state index contributed by atoms with van der Waals surface area (Å²) >= 11 is 0. The van der Waals surface area contributed by atoms with Crippen molar-refractivity contribution in [3.8, 4) is 0 Å². The van der Waals surface area contributed by atoms with E-state index in [1.165, 1.54) is 16.7 Å². The number of nitrogens with zero attached hydrogens (tertiary/aromatic N) is 2. The lowest BCUT2D eigenvalue weighted by Gasteiger charge is -2.27. The van der Waals surface area contributed by atoms with Crippen molar-refractivity contribution in [1.82, 2.24) is 15.4 Å². The van der Waals surface area contributed by atoms with Crippen LogP contribution < -0.4 is 5.32 Å². The molecule has 5 nitrogen and oxygen atoms in total. The summed E-state index contributed by atoms with van der Waals surface area (Å²) in [4.78, 5) is 2.41. The summed E-state index contributed by atoms with van der Waals surface area (Å²) in [6.45, 7) is 7.59. The first-order valence-corrected chi connectivity index (χ1v) is 9.34. The fraction of sp³-hybridized carbons (Fsp3) is 0.550. The molecule has 1 fully saturated rings. The number of hydrogen-bond acceptors (Lipinski definition) is 5. The molecule has 1 aliphatic carbocycles. The molecule has 0 saturated carbocycles. The van der Waals surface area contributed by atoms with Crippen molar-refractivity contribution in [3.63, 3.8) is 0 Å². The predicted octanol–water partition coefficient (Wildman–Crippen LogP) is 2.46. The van der Waals surface area contributed by atoms with Crippen LogP contribution in [-0.2, 0) is 30.7 Å². The van der Waals surface area contributed by atoms with E-state index in [0.717, 1.165) is 70.1 Å². The van der Waals surface area contributed by atoms with Crippen LogP contribution in [-0.4, -0.2) is 42.4 Å². The number of aromatic nitrogens is 1. The Bertz CT molecular complexity index is 707. The minimum atomic E-state index is 0.495.